The first-order chi connectivity index (χ1) is 9.58. The Balaban J connectivity index is 2.01. The average molecular weight is 299 g/mol. The summed E-state index contributed by atoms with van der Waals surface area (Å²) in [4.78, 5) is 11.7. The fourth-order valence-corrected chi connectivity index (χ4v) is 4.19. The number of benzene rings is 1. The quantitative estimate of drug-likeness (QED) is 0.732. The second-order valence-corrected chi connectivity index (χ2v) is 6.20. The van der Waals surface area contributed by atoms with Gasteiger partial charge in [0.2, 0.25) is 5.91 Å². The number of carbonyl (C=O) groups is 1. The molecule has 0 saturated carbocycles. The molecule has 4 nitrogen and oxygen atoms in total. The van der Waals surface area contributed by atoms with Crippen LogP contribution in [0.25, 0.3) is 0 Å². The van der Waals surface area contributed by atoms with Crippen molar-refractivity contribution in [2.75, 3.05) is 5.75 Å². The summed E-state index contributed by atoms with van der Waals surface area (Å²) in [6, 6.07) is 4.24. The van der Waals surface area contributed by atoms with E-state index in [1.165, 1.54) is 17.8 Å². The summed E-state index contributed by atoms with van der Waals surface area (Å²) in [6.45, 7) is 1.96. The minimum absolute atomic E-state index is 0.0403. The van der Waals surface area contributed by atoms with Crippen LogP contribution in [0.5, 0.6) is 0 Å². The van der Waals surface area contributed by atoms with Gasteiger partial charge in [-0.1, -0.05) is 12.1 Å². The highest BCUT2D eigenvalue weighted by Gasteiger charge is 2.43. The zero-order chi connectivity index (χ0) is 14.3. The third kappa shape index (κ3) is 2.30. The lowest BCUT2D eigenvalue weighted by molar-refractivity contribution is -0.119. The molecule has 1 amide bonds. The van der Waals surface area contributed by atoms with Crippen molar-refractivity contribution >= 4 is 17.7 Å². The molecule has 108 valence electrons. The first-order valence-corrected chi connectivity index (χ1v) is 7.48. The van der Waals surface area contributed by atoms with E-state index >= 15 is 0 Å². The monoisotopic (exact) mass is 299 g/mol. The van der Waals surface area contributed by atoms with E-state index in [9.17, 15) is 13.6 Å². The Labute approximate surface area is 119 Å². The molecular formula is C13H15F2N3OS. The summed E-state index contributed by atoms with van der Waals surface area (Å²) < 4.78 is 27.5. The fraction of sp³-hybridized carbons (Fsp3) is 0.462. The molecule has 0 bridgehead atoms. The van der Waals surface area contributed by atoms with Crippen molar-refractivity contribution in [3.8, 4) is 0 Å². The van der Waals surface area contributed by atoms with Crippen LogP contribution in [0, 0.1) is 17.6 Å². The van der Waals surface area contributed by atoms with Gasteiger partial charge in [0.05, 0.1) is 11.9 Å². The molecule has 2 aliphatic heterocycles. The van der Waals surface area contributed by atoms with Gasteiger partial charge in [0, 0.05) is 22.8 Å². The molecule has 3 N–H and O–H groups in total. The average Bonchev–Trinajstić information content (AvgIpc) is 2.68. The molecule has 4 atom stereocenters. The maximum absolute atomic E-state index is 14.1. The number of thioether (sulfide) groups is 1. The SMILES string of the molecule is CC1NNC2NC(=O)CSC(c3cccc(F)c3F)C12. The van der Waals surface area contributed by atoms with E-state index in [0.717, 1.165) is 6.07 Å². The van der Waals surface area contributed by atoms with Crippen LogP contribution in [-0.2, 0) is 4.79 Å². The van der Waals surface area contributed by atoms with Crippen molar-refractivity contribution in [3.05, 3.63) is 35.4 Å². The van der Waals surface area contributed by atoms with E-state index < -0.39 is 11.6 Å². The molecule has 0 radical (unpaired) electrons. The molecule has 1 aromatic carbocycles. The van der Waals surface area contributed by atoms with Crippen LogP contribution in [-0.4, -0.2) is 23.9 Å². The number of rotatable bonds is 1. The van der Waals surface area contributed by atoms with Gasteiger partial charge in [-0.05, 0) is 13.0 Å². The number of halogens is 2. The first-order valence-electron chi connectivity index (χ1n) is 6.44. The van der Waals surface area contributed by atoms with Crippen LogP contribution < -0.4 is 16.2 Å². The summed E-state index contributed by atoms with van der Waals surface area (Å²) >= 11 is 1.35. The molecule has 20 heavy (non-hydrogen) atoms. The highest BCUT2D eigenvalue weighted by atomic mass is 32.2. The number of fused-ring (bicyclic) bond motifs is 1. The molecule has 3 rings (SSSR count). The predicted octanol–water partition coefficient (Wildman–Crippen LogP) is 1.31. The third-order valence-electron chi connectivity index (χ3n) is 3.78. The number of hydrogen-bond acceptors (Lipinski definition) is 4. The lowest BCUT2D eigenvalue weighted by Crippen LogP contribution is -2.46. The summed E-state index contributed by atoms with van der Waals surface area (Å²) in [7, 11) is 0. The van der Waals surface area contributed by atoms with Crippen LogP contribution in [0.3, 0.4) is 0 Å². The van der Waals surface area contributed by atoms with Gasteiger partial charge in [-0.2, -0.15) is 0 Å². The molecule has 2 fully saturated rings. The van der Waals surface area contributed by atoms with Gasteiger partial charge >= 0.3 is 0 Å². The van der Waals surface area contributed by atoms with Crippen molar-refractivity contribution in [2.24, 2.45) is 5.92 Å². The minimum Gasteiger partial charge on any atom is -0.338 e. The van der Waals surface area contributed by atoms with Gasteiger partial charge in [-0.3, -0.25) is 10.2 Å². The van der Waals surface area contributed by atoms with Crippen molar-refractivity contribution in [2.45, 2.75) is 24.4 Å². The molecule has 0 spiro atoms. The van der Waals surface area contributed by atoms with E-state index in [1.54, 1.807) is 6.07 Å². The van der Waals surface area contributed by atoms with Crippen molar-refractivity contribution in [3.63, 3.8) is 0 Å². The van der Waals surface area contributed by atoms with Crippen molar-refractivity contribution < 1.29 is 13.6 Å². The summed E-state index contributed by atoms with van der Waals surface area (Å²) in [5, 5.41) is 2.57. The molecule has 2 heterocycles. The highest BCUT2D eigenvalue weighted by molar-refractivity contribution is 8.00. The predicted molar refractivity (Wildman–Crippen MR) is 72.7 cm³/mol. The molecule has 0 aromatic heterocycles. The first kappa shape index (κ1) is 13.8. The van der Waals surface area contributed by atoms with E-state index in [2.05, 4.69) is 16.2 Å². The maximum Gasteiger partial charge on any atom is 0.231 e. The zero-order valence-corrected chi connectivity index (χ0v) is 11.6. The Bertz CT molecular complexity index is 542. The van der Waals surface area contributed by atoms with Crippen LogP contribution >= 0.6 is 11.8 Å². The molecule has 4 unspecified atom stereocenters. The lowest BCUT2D eigenvalue weighted by Gasteiger charge is -2.27. The Morgan fingerprint density at radius 2 is 2.10 bits per heavy atom. The van der Waals surface area contributed by atoms with Gasteiger partial charge in [-0.25, -0.2) is 14.2 Å². The van der Waals surface area contributed by atoms with E-state index in [1.807, 2.05) is 6.92 Å². The Morgan fingerprint density at radius 3 is 2.90 bits per heavy atom. The Morgan fingerprint density at radius 1 is 1.30 bits per heavy atom. The maximum atomic E-state index is 14.1. The normalized spacial score (nSPS) is 33.5. The standard InChI is InChI=1S/C13H15F2N3OS/c1-6-10-12(7-3-2-4-8(14)11(7)15)20-5-9(19)16-13(10)18-17-6/h2-4,6,10,12-13,17-18H,5H2,1H3,(H,16,19). The summed E-state index contributed by atoms with van der Waals surface area (Å²) in [6.07, 6.45) is -0.278. The summed E-state index contributed by atoms with van der Waals surface area (Å²) in [5.74, 6) is -1.59. The molecule has 1 aromatic rings. The molecular weight excluding hydrogens is 284 g/mol. The molecule has 2 saturated heterocycles. The highest BCUT2D eigenvalue weighted by Crippen LogP contribution is 2.43. The lowest BCUT2D eigenvalue weighted by atomic mass is 9.91. The number of carbonyl (C=O) groups excluding carboxylic acids is 1. The second-order valence-electron chi connectivity index (χ2n) is 5.07. The smallest absolute Gasteiger partial charge is 0.231 e. The van der Waals surface area contributed by atoms with Crippen LogP contribution in [0.15, 0.2) is 18.2 Å². The minimum atomic E-state index is -0.852. The van der Waals surface area contributed by atoms with Gasteiger partial charge in [-0.15, -0.1) is 11.8 Å². The Hall–Kier alpha value is -1.18. The number of hydrazine groups is 1. The van der Waals surface area contributed by atoms with Gasteiger partial charge in [0.1, 0.15) is 0 Å². The summed E-state index contributed by atoms with van der Waals surface area (Å²) in [5.41, 5.74) is 6.37. The van der Waals surface area contributed by atoms with Gasteiger partial charge in [0.15, 0.2) is 11.6 Å². The Kier molecular flexibility index (Phi) is 3.66. The molecule has 2 aliphatic rings. The van der Waals surface area contributed by atoms with Crippen molar-refractivity contribution in [1.82, 2.24) is 16.2 Å². The third-order valence-corrected chi connectivity index (χ3v) is 5.13. The van der Waals surface area contributed by atoms with Crippen LogP contribution in [0.1, 0.15) is 17.7 Å². The van der Waals surface area contributed by atoms with E-state index in [4.69, 9.17) is 0 Å². The van der Waals surface area contributed by atoms with Gasteiger partial charge in [0.25, 0.3) is 0 Å². The van der Waals surface area contributed by atoms with Crippen LogP contribution in [0.2, 0.25) is 0 Å². The van der Waals surface area contributed by atoms with E-state index in [-0.39, 0.29) is 35.0 Å². The zero-order valence-electron chi connectivity index (χ0n) is 10.8. The van der Waals surface area contributed by atoms with Crippen LogP contribution in [0.4, 0.5) is 8.78 Å². The largest absolute Gasteiger partial charge is 0.338 e. The van der Waals surface area contributed by atoms with E-state index in [0.29, 0.717) is 5.56 Å². The van der Waals surface area contributed by atoms with Gasteiger partial charge < -0.3 is 5.32 Å². The topological polar surface area (TPSA) is 53.2 Å². The molecule has 7 heteroatoms. The second kappa shape index (κ2) is 5.31. The van der Waals surface area contributed by atoms with Crippen molar-refractivity contribution in [1.29, 1.82) is 0 Å². The number of hydrogen-bond donors (Lipinski definition) is 3. The fourth-order valence-electron chi connectivity index (χ4n) is 2.80. The number of nitrogens with one attached hydrogen (secondary N) is 3. The number of amides is 1. The molecule has 0 aliphatic carbocycles.